The minimum Gasteiger partial charge on any atom is -0.545 e. The number of ether oxygens (including phenoxy) is 1. The fourth-order valence-corrected chi connectivity index (χ4v) is 17.3. The number of likely N-dealkylation sites (N-methyl/N-ethyl adjacent to an activating group) is 1. The molecule has 32 heteroatoms. The molecular formula is C57H106F5N5O17S5. The number of aliphatic hydroxyl groups is 1. The van der Waals surface area contributed by atoms with E-state index in [1.807, 2.05) is 34.6 Å². The zero-order chi connectivity index (χ0) is 68.6. The van der Waals surface area contributed by atoms with Crippen LogP contribution in [-0.2, 0) is 69.2 Å². The summed E-state index contributed by atoms with van der Waals surface area (Å²) in [6.45, 7) is 11.2. The second-order valence-electron chi connectivity index (χ2n) is 22.1. The molecule has 22 nitrogen and oxygen atoms in total. The molecule has 2 atom stereocenters. The van der Waals surface area contributed by atoms with Gasteiger partial charge in [-0.1, -0.05) is 208 Å². The number of rotatable bonds is 55. The number of hydrogen-bond acceptors (Lipinski definition) is 16. The lowest BCUT2D eigenvalue weighted by Gasteiger charge is -2.54. The van der Waals surface area contributed by atoms with Gasteiger partial charge in [0.05, 0.1) is 35.6 Å². The Morgan fingerprint density at radius 2 is 0.809 bits per heavy atom. The summed E-state index contributed by atoms with van der Waals surface area (Å²) >= 11 is 0. The van der Waals surface area contributed by atoms with Crippen LogP contribution in [0.4, 0.5) is 22.4 Å². The summed E-state index contributed by atoms with van der Waals surface area (Å²) in [7, 11) is -32.1. The summed E-state index contributed by atoms with van der Waals surface area (Å²) in [5.41, 5.74) is -7.37. The molecule has 2 unspecified atom stereocenters. The second kappa shape index (κ2) is 45.2. The number of aliphatic hydroxyl groups excluding tert-OH is 1. The van der Waals surface area contributed by atoms with E-state index in [4.69, 9.17) is 10.2 Å². The quantitative estimate of drug-likeness (QED) is 0.0143. The van der Waals surface area contributed by atoms with Crippen molar-refractivity contribution in [3.05, 3.63) is 36.0 Å². The first kappa shape index (κ1) is 87.8. The van der Waals surface area contributed by atoms with Crippen molar-refractivity contribution in [3.8, 4) is 0 Å². The predicted molar refractivity (Wildman–Crippen MR) is 332 cm³/mol. The molecule has 0 radical (unpaired) electrons. The van der Waals surface area contributed by atoms with E-state index in [1.54, 1.807) is 0 Å². The van der Waals surface area contributed by atoms with E-state index in [0.29, 0.717) is 104 Å². The van der Waals surface area contributed by atoms with Crippen molar-refractivity contribution >= 4 is 68.0 Å². The number of carbonyl (C=O) groups excluding carboxylic acids is 2. The number of esters is 1. The number of carboxylic acid groups (broad SMARTS) is 2. The molecule has 0 amide bonds. The monoisotopic (exact) mass is 1390 g/mol. The van der Waals surface area contributed by atoms with Crippen molar-refractivity contribution in [2.24, 2.45) is 0 Å². The number of aliphatic carboxylic acids is 2. The Morgan fingerprint density at radius 1 is 0.517 bits per heavy atom. The van der Waals surface area contributed by atoms with Crippen molar-refractivity contribution in [1.82, 2.24) is 18.1 Å². The van der Waals surface area contributed by atoms with Crippen LogP contribution >= 0.6 is 0 Å². The maximum absolute atomic E-state index is 19.6. The molecule has 0 aromatic heterocycles. The summed E-state index contributed by atoms with van der Waals surface area (Å²) in [5, 5.41) is 29.4. The van der Waals surface area contributed by atoms with Crippen LogP contribution in [0, 0.1) is 0 Å². The van der Waals surface area contributed by atoms with E-state index in [9.17, 15) is 53.2 Å². The highest BCUT2D eigenvalue weighted by Crippen LogP contribution is 2.55. The normalized spacial score (nSPS) is 14.5. The zero-order valence-electron chi connectivity index (χ0n) is 53.7. The van der Waals surface area contributed by atoms with E-state index in [1.165, 1.54) is 6.08 Å². The first-order valence-electron chi connectivity index (χ1n) is 31.5. The van der Waals surface area contributed by atoms with Gasteiger partial charge in [0, 0.05) is 44.4 Å². The number of unbranched alkanes of at least 4 members (excludes halogenated alkanes) is 25. The summed E-state index contributed by atoms with van der Waals surface area (Å²) in [4.78, 5) is 33.9. The molecule has 0 saturated heterocycles. The van der Waals surface area contributed by atoms with Gasteiger partial charge in [-0.2, -0.15) is 8.42 Å². The first-order valence-corrected chi connectivity index (χ1v) is 39.5. The minimum atomic E-state index is -6.46. The summed E-state index contributed by atoms with van der Waals surface area (Å²) in [6.07, 6.45) is 9.03. The largest absolute Gasteiger partial charge is 0.545 e. The van der Waals surface area contributed by atoms with Crippen molar-refractivity contribution in [3.63, 3.8) is 0 Å². The number of halogens is 5. The third kappa shape index (κ3) is 28.5. The second-order valence-corrected chi connectivity index (χ2v) is 31.8. The van der Waals surface area contributed by atoms with Gasteiger partial charge in [0.2, 0.25) is 40.1 Å². The average molecular weight is 1390 g/mol. The fourth-order valence-electron chi connectivity index (χ4n) is 9.50. The number of hydrogen-bond donors (Lipinski definition) is 2. The van der Waals surface area contributed by atoms with Gasteiger partial charge in [0.25, 0.3) is 0 Å². The molecule has 0 spiro atoms. The van der Waals surface area contributed by atoms with Crippen molar-refractivity contribution in [1.29, 1.82) is 0 Å². The Kier molecular flexibility index (Phi) is 44.6. The van der Waals surface area contributed by atoms with E-state index >= 15 is 30.8 Å². The van der Waals surface area contributed by atoms with Crippen LogP contribution in [0.1, 0.15) is 248 Å². The molecule has 0 aliphatic carbocycles. The maximum atomic E-state index is 19.6. The predicted octanol–water partition coefficient (Wildman–Crippen LogP) is 11.1. The summed E-state index contributed by atoms with van der Waals surface area (Å²) in [5.74, 6) is -18.5. The maximum Gasteiger partial charge on any atom is 0.337 e. The van der Waals surface area contributed by atoms with Gasteiger partial charge in [-0.15, -0.1) is 17.9 Å². The molecule has 89 heavy (non-hydrogen) atoms. The third-order valence-electron chi connectivity index (χ3n) is 14.6. The van der Waals surface area contributed by atoms with Crippen molar-refractivity contribution in [2.45, 2.75) is 259 Å². The number of sulfonamides is 5. The molecule has 2 N–H and O–H groups in total. The molecule has 0 bridgehead atoms. The molecular weight excluding hydrogens is 1280 g/mol. The fraction of sp³-hybridized carbons (Fsp3) is 0.842. The van der Waals surface area contributed by atoms with Crippen LogP contribution in [0.2, 0.25) is 0 Å². The number of quaternary nitrogens is 1. The highest BCUT2D eigenvalue weighted by molar-refractivity contribution is 7.91. The number of nitrogens with zero attached hydrogens (tertiary/aromatic N) is 5. The van der Waals surface area contributed by atoms with Crippen LogP contribution in [-0.4, -0.2) is 152 Å². The molecule has 0 aromatic carbocycles. The number of carboxylic acids is 2. The summed E-state index contributed by atoms with van der Waals surface area (Å²) in [6, 6.07) is 0. The lowest BCUT2D eigenvalue weighted by atomic mass is 9.98. The standard InChI is InChI=1S/C48H94F5N5O12S5.C9H12O5/c1-8-14-19-24-29-34-39-71(61,62)54(49)47(44-45(7)46(59)60,58(53,13-6)75(69,70)43-38-33-28-23-18-12-5)48(55(50)72(63,64)40-35-30-25-20-15-9-2,56(51)73(65,66)41-36-31-26-21-16-10-3)57(52)74(67,68)42-37-32-27-22-17-11-4;1-7(3-2-4-8(11)12)9(13)14-6-5-10/h44H,8-43H2,1-7H3;2,4,10H,1,3,5-6H2,(H,11,12). The molecule has 0 heterocycles. The Morgan fingerprint density at radius 3 is 1.09 bits per heavy atom. The highest BCUT2D eigenvalue weighted by atomic mass is 32.2. The molecule has 0 fully saturated rings. The van der Waals surface area contributed by atoms with Gasteiger partial charge in [-0.25, -0.2) is 43.3 Å². The van der Waals surface area contributed by atoms with Crippen LogP contribution < -0.4 is 5.11 Å². The Balaban J connectivity index is 0. The number of carbonyl (C=O) groups is 3. The highest BCUT2D eigenvalue weighted by Gasteiger charge is 2.88. The van der Waals surface area contributed by atoms with Crippen LogP contribution in [0.3, 0.4) is 0 Å². The van der Waals surface area contributed by atoms with Gasteiger partial charge in [0.1, 0.15) is 18.9 Å². The SMILES string of the molecule is C=C(CC=CC(=O)O)C(=O)OCCO.CCCCCCCCS(=O)(=O)N(F)C(N(F)S(=O)(=O)CCCCCCCC)(N(F)S(=O)(=O)CCCCCCCC)C(C=C(C)C(=O)[O-])(N(F)S(=O)(=O)CCCCCCCC)[N+](F)(CC)S(=O)(=O)CCCCCCCC. The van der Waals surface area contributed by atoms with E-state index in [2.05, 4.69) is 11.3 Å². The topological polar surface area (TPSA) is 308 Å². The molecule has 0 aliphatic rings. The van der Waals surface area contributed by atoms with E-state index in [-0.39, 0.29) is 83.0 Å². The third-order valence-corrected chi connectivity index (χ3v) is 23.0. The summed E-state index contributed by atoms with van der Waals surface area (Å²) < 4.78 is 234. The van der Waals surface area contributed by atoms with Gasteiger partial charge in [-0.3, -0.25) is 0 Å². The zero-order valence-corrected chi connectivity index (χ0v) is 57.8. The van der Waals surface area contributed by atoms with Crippen LogP contribution in [0.15, 0.2) is 36.0 Å². The first-order chi connectivity index (χ1) is 41.6. The number of allylic oxidation sites excluding steroid dienone is 1. The lowest BCUT2D eigenvalue weighted by molar-refractivity contribution is -1.01. The average Bonchev–Trinajstić information content (AvgIpc) is 0.667. The molecule has 526 valence electrons. The van der Waals surface area contributed by atoms with Crippen molar-refractivity contribution < 1.29 is 103 Å². The van der Waals surface area contributed by atoms with Gasteiger partial charge < -0.3 is 24.9 Å². The lowest BCUT2D eigenvalue weighted by Crippen LogP contribution is -2.88. The van der Waals surface area contributed by atoms with Gasteiger partial charge in [0.15, 0.2) is 0 Å². The van der Waals surface area contributed by atoms with Crippen molar-refractivity contribution in [2.75, 3.05) is 48.5 Å². The van der Waals surface area contributed by atoms with Gasteiger partial charge in [-0.05, 0) is 57.9 Å². The Labute approximate surface area is 529 Å². The van der Waals surface area contributed by atoms with E-state index < -0.39 is 181 Å². The van der Waals surface area contributed by atoms with Gasteiger partial charge >= 0.3 is 33.4 Å². The smallest absolute Gasteiger partial charge is 0.337 e. The molecule has 0 saturated carbocycles. The minimum absolute atomic E-state index is 0.0454. The molecule has 0 rings (SSSR count). The van der Waals surface area contributed by atoms with Crippen LogP contribution in [0.5, 0.6) is 0 Å². The molecule has 0 aromatic rings. The van der Waals surface area contributed by atoms with E-state index in [0.717, 1.165) is 18.9 Å². The Hall–Kier alpha value is -3.21. The molecule has 0 aliphatic heterocycles. The van der Waals surface area contributed by atoms with Crippen LogP contribution in [0.25, 0.3) is 0 Å². The Bertz CT molecular complexity index is 2590.